The van der Waals surface area contributed by atoms with Gasteiger partial charge in [-0.25, -0.2) is 8.78 Å². The number of nitrogens with zero attached hydrogens (tertiary/aromatic N) is 1. The number of carbonyl (C=O) groups is 1. The first-order valence-corrected chi connectivity index (χ1v) is 8.13. The lowest BCUT2D eigenvalue weighted by Gasteiger charge is -2.30. The van der Waals surface area contributed by atoms with Crippen molar-refractivity contribution in [2.75, 3.05) is 0 Å². The van der Waals surface area contributed by atoms with Crippen molar-refractivity contribution in [3.63, 3.8) is 0 Å². The van der Waals surface area contributed by atoms with E-state index in [2.05, 4.69) is 0 Å². The molecule has 2 aromatic carbocycles. The molecule has 0 bridgehead atoms. The van der Waals surface area contributed by atoms with Crippen LogP contribution < -0.4 is 0 Å². The minimum absolute atomic E-state index is 0.170. The summed E-state index contributed by atoms with van der Waals surface area (Å²) in [7, 11) is 0. The highest BCUT2D eigenvalue weighted by Gasteiger charge is 2.38. The zero-order valence-electron chi connectivity index (χ0n) is 13.9. The highest BCUT2D eigenvalue weighted by atomic mass is 19.4. The Morgan fingerprint density at radius 1 is 1.12 bits per heavy atom. The van der Waals surface area contributed by atoms with Crippen LogP contribution in [0.15, 0.2) is 42.5 Å². The molecule has 3 rings (SSSR count). The molecule has 7 heteroatoms. The second-order valence-electron chi connectivity index (χ2n) is 6.37. The lowest BCUT2D eigenvalue weighted by Crippen LogP contribution is -2.36. The molecule has 1 aliphatic rings. The molecule has 1 atom stereocenters. The van der Waals surface area contributed by atoms with Gasteiger partial charge in [0.15, 0.2) is 0 Å². The van der Waals surface area contributed by atoms with Gasteiger partial charge in [-0.2, -0.15) is 13.2 Å². The smallest absolute Gasteiger partial charge is 0.329 e. The van der Waals surface area contributed by atoms with Gasteiger partial charge in [-0.15, -0.1) is 0 Å². The fourth-order valence-electron chi connectivity index (χ4n) is 2.95. The van der Waals surface area contributed by atoms with Gasteiger partial charge < -0.3 is 4.90 Å². The highest BCUT2D eigenvalue weighted by Crippen LogP contribution is 2.37. The molecule has 1 fully saturated rings. The summed E-state index contributed by atoms with van der Waals surface area (Å²) in [6.07, 6.45) is -3.11. The number of carbonyl (C=O) groups excluding carboxylic acids is 1. The third-order valence-electron chi connectivity index (χ3n) is 4.45. The third kappa shape index (κ3) is 3.71. The molecule has 2 nitrogen and oxygen atoms in total. The number of rotatable bonds is 4. The second kappa shape index (κ2) is 6.70. The number of hydrogen-bond acceptors (Lipinski definition) is 1. The maximum Gasteiger partial charge on any atom is 0.416 e. The molecule has 0 aromatic heterocycles. The lowest BCUT2D eigenvalue weighted by molar-refractivity contribution is -0.137. The monoisotopic (exact) mass is 369 g/mol. The molecule has 2 aromatic rings. The van der Waals surface area contributed by atoms with Crippen LogP contribution in [0, 0.1) is 11.6 Å². The van der Waals surface area contributed by atoms with Crippen LogP contribution in [0.25, 0.3) is 0 Å². The fraction of sp³-hybridized carbons (Fsp3) is 0.316. The van der Waals surface area contributed by atoms with Gasteiger partial charge >= 0.3 is 6.18 Å². The van der Waals surface area contributed by atoms with Gasteiger partial charge in [-0.3, -0.25) is 4.79 Å². The van der Waals surface area contributed by atoms with Crippen LogP contribution in [-0.4, -0.2) is 16.8 Å². The molecule has 1 amide bonds. The first-order chi connectivity index (χ1) is 12.2. The van der Waals surface area contributed by atoms with Crippen LogP contribution in [0.5, 0.6) is 0 Å². The SMILES string of the molecule is C[C@H](c1cccc(C(F)(F)F)c1)N(C(=O)c1ccc(F)cc1F)C1CC1. The zero-order chi connectivity index (χ0) is 19.1. The van der Waals surface area contributed by atoms with Gasteiger partial charge in [-0.05, 0) is 49.6 Å². The largest absolute Gasteiger partial charge is 0.416 e. The van der Waals surface area contributed by atoms with Crippen molar-refractivity contribution in [1.29, 1.82) is 0 Å². The zero-order valence-corrected chi connectivity index (χ0v) is 13.9. The topological polar surface area (TPSA) is 20.3 Å². The standard InChI is InChI=1S/C19H16F5NO/c1-11(12-3-2-4-13(9-12)19(22,23)24)25(15-6-7-15)18(26)16-8-5-14(20)10-17(16)21/h2-5,8-11,15H,6-7H2,1H3/t11-/m1/s1. The van der Waals surface area contributed by atoms with Crippen LogP contribution >= 0.6 is 0 Å². The van der Waals surface area contributed by atoms with Crippen LogP contribution in [0.2, 0.25) is 0 Å². The first kappa shape index (κ1) is 18.4. The molecule has 0 radical (unpaired) electrons. The van der Waals surface area contributed by atoms with Crippen LogP contribution in [0.1, 0.15) is 47.3 Å². The summed E-state index contributed by atoms with van der Waals surface area (Å²) in [6.45, 7) is 1.60. The molecule has 0 saturated heterocycles. The maximum absolute atomic E-state index is 14.0. The summed E-state index contributed by atoms with van der Waals surface area (Å²) < 4.78 is 65.9. The van der Waals surface area contributed by atoms with E-state index in [0.717, 1.165) is 24.3 Å². The molecular weight excluding hydrogens is 353 g/mol. The van der Waals surface area contributed by atoms with Crippen molar-refractivity contribution in [2.45, 2.75) is 38.0 Å². The minimum Gasteiger partial charge on any atom is -0.329 e. The molecule has 26 heavy (non-hydrogen) atoms. The molecule has 0 aliphatic heterocycles. The van der Waals surface area contributed by atoms with E-state index in [1.54, 1.807) is 6.92 Å². The van der Waals surface area contributed by atoms with E-state index in [4.69, 9.17) is 0 Å². The van der Waals surface area contributed by atoms with Crippen molar-refractivity contribution in [3.05, 3.63) is 70.8 Å². The van der Waals surface area contributed by atoms with Gasteiger partial charge in [0.05, 0.1) is 17.2 Å². The number of hydrogen-bond donors (Lipinski definition) is 0. The summed E-state index contributed by atoms with van der Waals surface area (Å²) >= 11 is 0. The van der Waals surface area contributed by atoms with Crippen LogP contribution in [0.3, 0.4) is 0 Å². The molecular formula is C19H16F5NO. The fourth-order valence-corrected chi connectivity index (χ4v) is 2.95. The van der Waals surface area contributed by atoms with Gasteiger partial charge in [-0.1, -0.05) is 12.1 Å². The summed E-state index contributed by atoms with van der Waals surface area (Å²) in [5.41, 5.74) is -0.794. The Balaban J connectivity index is 1.94. The molecule has 1 saturated carbocycles. The first-order valence-electron chi connectivity index (χ1n) is 8.13. The molecule has 1 aliphatic carbocycles. The number of amides is 1. The van der Waals surface area contributed by atoms with E-state index in [1.807, 2.05) is 0 Å². The normalized spacial score (nSPS) is 15.6. The van der Waals surface area contributed by atoms with E-state index in [0.29, 0.717) is 24.5 Å². The minimum atomic E-state index is -4.49. The Bertz CT molecular complexity index is 829. The van der Waals surface area contributed by atoms with Gasteiger partial charge in [0.25, 0.3) is 5.91 Å². The number of alkyl halides is 3. The van der Waals surface area contributed by atoms with E-state index < -0.39 is 35.3 Å². The van der Waals surface area contributed by atoms with Crippen LogP contribution in [-0.2, 0) is 6.18 Å². The van der Waals surface area contributed by atoms with E-state index >= 15 is 0 Å². The molecule has 0 spiro atoms. The number of halogens is 5. The molecule has 0 unspecified atom stereocenters. The Labute approximate surface area is 147 Å². The lowest BCUT2D eigenvalue weighted by atomic mass is 10.0. The van der Waals surface area contributed by atoms with Gasteiger partial charge in [0.2, 0.25) is 0 Å². The maximum atomic E-state index is 14.0. The summed E-state index contributed by atoms with van der Waals surface area (Å²) in [5.74, 6) is -2.45. The molecule has 0 N–H and O–H groups in total. The number of benzene rings is 2. The van der Waals surface area contributed by atoms with E-state index in [1.165, 1.54) is 17.0 Å². The Hall–Kier alpha value is -2.44. The van der Waals surface area contributed by atoms with Gasteiger partial charge in [0, 0.05) is 12.1 Å². The summed E-state index contributed by atoms with van der Waals surface area (Å²) in [6, 6.07) is 6.54. The quantitative estimate of drug-likeness (QED) is 0.666. The van der Waals surface area contributed by atoms with Crippen molar-refractivity contribution in [2.24, 2.45) is 0 Å². The van der Waals surface area contributed by atoms with E-state index in [9.17, 15) is 26.7 Å². The average molecular weight is 369 g/mol. The second-order valence-corrected chi connectivity index (χ2v) is 6.37. The predicted octanol–water partition coefficient (Wildman–Crippen LogP) is 5.35. The van der Waals surface area contributed by atoms with Crippen molar-refractivity contribution >= 4 is 5.91 Å². The highest BCUT2D eigenvalue weighted by molar-refractivity contribution is 5.95. The van der Waals surface area contributed by atoms with E-state index in [-0.39, 0.29) is 11.6 Å². The van der Waals surface area contributed by atoms with Crippen molar-refractivity contribution < 1.29 is 26.7 Å². The summed E-state index contributed by atoms with van der Waals surface area (Å²) in [4.78, 5) is 14.2. The molecule has 138 valence electrons. The summed E-state index contributed by atoms with van der Waals surface area (Å²) in [5, 5.41) is 0. The van der Waals surface area contributed by atoms with Gasteiger partial charge in [0.1, 0.15) is 11.6 Å². The Morgan fingerprint density at radius 2 is 1.81 bits per heavy atom. The molecule has 0 heterocycles. The Kier molecular flexibility index (Phi) is 4.73. The van der Waals surface area contributed by atoms with Crippen molar-refractivity contribution in [1.82, 2.24) is 4.90 Å². The predicted molar refractivity (Wildman–Crippen MR) is 85.4 cm³/mol. The average Bonchev–Trinajstić information content (AvgIpc) is 3.39. The third-order valence-corrected chi connectivity index (χ3v) is 4.45. The Morgan fingerprint density at radius 3 is 2.38 bits per heavy atom. The van der Waals surface area contributed by atoms with Crippen LogP contribution in [0.4, 0.5) is 22.0 Å². The van der Waals surface area contributed by atoms with Crippen molar-refractivity contribution in [3.8, 4) is 0 Å².